The zero-order valence-corrected chi connectivity index (χ0v) is 14.5. The first-order chi connectivity index (χ1) is 11.2. The second-order valence-electron chi connectivity index (χ2n) is 5.66. The Balaban J connectivity index is 1.97. The van der Waals surface area contributed by atoms with E-state index in [0.717, 1.165) is 49.2 Å². The smallest absolute Gasteiger partial charge is 0.193 e. The summed E-state index contributed by atoms with van der Waals surface area (Å²) >= 11 is 0. The molecule has 1 heterocycles. The summed E-state index contributed by atoms with van der Waals surface area (Å²) in [5, 5.41) is 3.39. The topological polar surface area (TPSA) is 55.3 Å². The standard InChI is InChI=1S/C17H27N3O3/c1-18-17(20(2)11-13-8-9-23-12-13)19-10-14-6-5-7-15(21-3)16(14)22-4/h5-7,13H,8-12H2,1-4H3,(H,18,19). The number of para-hydroxylation sites is 1. The number of guanidine groups is 1. The van der Waals surface area contributed by atoms with Crippen LogP contribution in [0.25, 0.3) is 0 Å². The number of rotatable bonds is 6. The van der Waals surface area contributed by atoms with Gasteiger partial charge in [0.1, 0.15) is 0 Å². The second-order valence-corrected chi connectivity index (χ2v) is 5.66. The number of methoxy groups -OCH3 is 2. The summed E-state index contributed by atoms with van der Waals surface area (Å²) in [6.45, 7) is 3.27. The minimum atomic E-state index is 0.574. The predicted molar refractivity (Wildman–Crippen MR) is 91.3 cm³/mol. The van der Waals surface area contributed by atoms with Gasteiger partial charge in [0.15, 0.2) is 17.5 Å². The Morgan fingerprint density at radius 1 is 1.39 bits per heavy atom. The molecule has 1 aliphatic heterocycles. The molecule has 1 aromatic rings. The molecule has 1 N–H and O–H groups in total. The van der Waals surface area contributed by atoms with Crippen molar-refractivity contribution in [2.75, 3.05) is 48.1 Å². The van der Waals surface area contributed by atoms with Crippen LogP contribution in [0.15, 0.2) is 23.2 Å². The van der Waals surface area contributed by atoms with Crippen LogP contribution in [0.4, 0.5) is 0 Å². The number of ether oxygens (including phenoxy) is 3. The Labute approximate surface area is 138 Å². The summed E-state index contributed by atoms with van der Waals surface area (Å²) in [5.41, 5.74) is 1.03. The minimum Gasteiger partial charge on any atom is -0.493 e. The van der Waals surface area contributed by atoms with E-state index in [1.807, 2.05) is 18.2 Å². The predicted octanol–water partition coefficient (Wildman–Crippen LogP) is 1.75. The van der Waals surface area contributed by atoms with Crippen molar-refractivity contribution in [2.45, 2.75) is 13.0 Å². The average molecular weight is 321 g/mol. The molecule has 0 aromatic heterocycles. The number of nitrogens with zero attached hydrogens (tertiary/aromatic N) is 2. The van der Waals surface area contributed by atoms with E-state index in [1.165, 1.54) is 0 Å². The molecule has 1 atom stereocenters. The first kappa shape index (κ1) is 17.4. The Morgan fingerprint density at radius 2 is 2.22 bits per heavy atom. The van der Waals surface area contributed by atoms with E-state index in [9.17, 15) is 0 Å². The first-order valence-corrected chi connectivity index (χ1v) is 7.89. The normalized spacial score (nSPS) is 17.9. The summed E-state index contributed by atoms with van der Waals surface area (Å²) < 4.78 is 16.2. The van der Waals surface area contributed by atoms with Crippen molar-refractivity contribution < 1.29 is 14.2 Å². The summed E-state index contributed by atoms with van der Waals surface area (Å²) in [6.07, 6.45) is 1.12. The van der Waals surface area contributed by atoms with Crippen molar-refractivity contribution in [3.63, 3.8) is 0 Å². The molecular weight excluding hydrogens is 294 g/mol. The largest absolute Gasteiger partial charge is 0.493 e. The minimum absolute atomic E-state index is 0.574. The van der Waals surface area contributed by atoms with Gasteiger partial charge < -0.3 is 24.4 Å². The van der Waals surface area contributed by atoms with Gasteiger partial charge >= 0.3 is 0 Å². The van der Waals surface area contributed by atoms with Gasteiger partial charge in [0.2, 0.25) is 0 Å². The highest BCUT2D eigenvalue weighted by molar-refractivity contribution is 5.79. The molecule has 0 radical (unpaired) electrons. The summed E-state index contributed by atoms with van der Waals surface area (Å²) in [7, 11) is 7.15. The van der Waals surface area contributed by atoms with Gasteiger partial charge in [0.05, 0.1) is 20.8 Å². The van der Waals surface area contributed by atoms with Crippen LogP contribution in [0.2, 0.25) is 0 Å². The molecule has 6 nitrogen and oxygen atoms in total. The lowest BCUT2D eigenvalue weighted by Gasteiger charge is -2.25. The average Bonchev–Trinajstić information content (AvgIpc) is 3.07. The van der Waals surface area contributed by atoms with Crippen molar-refractivity contribution in [1.29, 1.82) is 0 Å². The summed E-state index contributed by atoms with van der Waals surface area (Å²) in [6, 6.07) is 5.87. The van der Waals surface area contributed by atoms with E-state index in [-0.39, 0.29) is 0 Å². The van der Waals surface area contributed by atoms with Crippen LogP contribution in [0, 0.1) is 5.92 Å². The lowest BCUT2D eigenvalue weighted by Crippen LogP contribution is -2.41. The number of hydrogen-bond donors (Lipinski definition) is 1. The van der Waals surface area contributed by atoms with Gasteiger partial charge in [-0.25, -0.2) is 0 Å². The lowest BCUT2D eigenvalue weighted by atomic mass is 10.1. The summed E-state index contributed by atoms with van der Waals surface area (Å²) in [4.78, 5) is 6.51. The molecular formula is C17H27N3O3. The zero-order chi connectivity index (χ0) is 16.7. The molecule has 0 spiro atoms. The van der Waals surface area contributed by atoms with Crippen LogP contribution in [0.1, 0.15) is 12.0 Å². The van der Waals surface area contributed by atoms with Gasteiger partial charge in [-0.3, -0.25) is 4.99 Å². The molecule has 0 bridgehead atoms. The van der Waals surface area contributed by atoms with E-state index in [1.54, 1.807) is 21.3 Å². The van der Waals surface area contributed by atoms with E-state index < -0.39 is 0 Å². The molecule has 1 aliphatic rings. The lowest BCUT2D eigenvalue weighted by molar-refractivity contribution is 0.181. The molecule has 1 saturated heterocycles. The third kappa shape index (κ3) is 4.51. The van der Waals surface area contributed by atoms with Crippen LogP contribution in [-0.4, -0.2) is 58.9 Å². The molecule has 2 rings (SSSR count). The highest BCUT2D eigenvalue weighted by atomic mass is 16.5. The van der Waals surface area contributed by atoms with Gasteiger partial charge in [0, 0.05) is 45.3 Å². The monoisotopic (exact) mass is 321 g/mol. The van der Waals surface area contributed by atoms with E-state index in [0.29, 0.717) is 12.5 Å². The van der Waals surface area contributed by atoms with Crippen LogP contribution in [0.3, 0.4) is 0 Å². The number of benzene rings is 1. The van der Waals surface area contributed by atoms with Crippen LogP contribution in [0.5, 0.6) is 11.5 Å². The second kappa shape index (κ2) is 8.62. The molecule has 128 valence electrons. The fourth-order valence-electron chi connectivity index (χ4n) is 2.85. The maximum Gasteiger partial charge on any atom is 0.193 e. The Kier molecular flexibility index (Phi) is 6.52. The molecule has 0 aliphatic carbocycles. The summed E-state index contributed by atoms with van der Waals surface area (Å²) in [5.74, 6) is 2.93. The fourth-order valence-corrected chi connectivity index (χ4v) is 2.85. The van der Waals surface area contributed by atoms with Crippen molar-refractivity contribution in [2.24, 2.45) is 10.9 Å². The third-order valence-corrected chi connectivity index (χ3v) is 4.05. The third-order valence-electron chi connectivity index (χ3n) is 4.05. The van der Waals surface area contributed by atoms with Crippen LogP contribution in [-0.2, 0) is 11.3 Å². The number of nitrogens with one attached hydrogen (secondary N) is 1. The van der Waals surface area contributed by atoms with Crippen molar-refractivity contribution in [3.05, 3.63) is 23.8 Å². The van der Waals surface area contributed by atoms with Crippen LogP contribution >= 0.6 is 0 Å². The molecule has 0 amide bonds. The van der Waals surface area contributed by atoms with E-state index >= 15 is 0 Å². The molecule has 6 heteroatoms. The van der Waals surface area contributed by atoms with Crippen molar-refractivity contribution >= 4 is 5.96 Å². The molecule has 1 aromatic carbocycles. The van der Waals surface area contributed by atoms with Crippen LogP contribution < -0.4 is 14.8 Å². The maximum absolute atomic E-state index is 5.47. The van der Waals surface area contributed by atoms with E-state index in [2.05, 4.69) is 22.3 Å². The Hall–Kier alpha value is -1.95. The SMILES string of the molecule is CN=C(NCc1cccc(OC)c1OC)N(C)CC1CCOC1. The molecule has 1 unspecified atom stereocenters. The molecule has 1 fully saturated rings. The van der Waals surface area contributed by atoms with Gasteiger partial charge in [-0.15, -0.1) is 0 Å². The maximum atomic E-state index is 5.47. The molecule has 23 heavy (non-hydrogen) atoms. The highest BCUT2D eigenvalue weighted by Gasteiger charge is 2.19. The molecule has 0 saturated carbocycles. The fraction of sp³-hybridized carbons (Fsp3) is 0.588. The first-order valence-electron chi connectivity index (χ1n) is 7.89. The van der Waals surface area contributed by atoms with Gasteiger partial charge in [-0.1, -0.05) is 12.1 Å². The van der Waals surface area contributed by atoms with Crippen molar-refractivity contribution in [1.82, 2.24) is 10.2 Å². The van der Waals surface area contributed by atoms with Crippen molar-refractivity contribution in [3.8, 4) is 11.5 Å². The quantitative estimate of drug-likeness (QED) is 0.639. The van der Waals surface area contributed by atoms with Gasteiger partial charge in [-0.2, -0.15) is 0 Å². The van der Waals surface area contributed by atoms with Gasteiger partial charge in [0.25, 0.3) is 0 Å². The zero-order valence-electron chi connectivity index (χ0n) is 14.5. The number of aliphatic imine (C=N–C) groups is 1. The Morgan fingerprint density at radius 3 is 2.83 bits per heavy atom. The van der Waals surface area contributed by atoms with Gasteiger partial charge in [-0.05, 0) is 12.5 Å². The Bertz CT molecular complexity index is 528. The van der Waals surface area contributed by atoms with E-state index in [4.69, 9.17) is 14.2 Å². The highest BCUT2D eigenvalue weighted by Crippen LogP contribution is 2.30. The number of hydrogen-bond acceptors (Lipinski definition) is 4.